The maximum absolute atomic E-state index is 12.6. The lowest BCUT2D eigenvalue weighted by molar-refractivity contribution is 0.0599. The molecule has 0 fully saturated rings. The Bertz CT molecular complexity index is 917. The molecule has 0 aliphatic rings. The van der Waals surface area contributed by atoms with E-state index in [0.29, 0.717) is 22.4 Å². The summed E-state index contributed by atoms with van der Waals surface area (Å²) in [6, 6.07) is 8.54. The fourth-order valence-electron chi connectivity index (χ4n) is 2.26. The van der Waals surface area contributed by atoms with Crippen LogP contribution in [0.2, 0.25) is 0 Å². The van der Waals surface area contributed by atoms with Gasteiger partial charge in [0.1, 0.15) is 5.82 Å². The Morgan fingerprint density at radius 2 is 2.09 bits per heavy atom. The van der Waals surface area contributed by atoms with Gasteiger partial charge in [0.2, 0.25) is 0 Å². The van der Waals surface area contributed by atoms with E-state index < -0.39 is 5.97 Å². The lowest BCUT2D eigenvalue weighted by atomic mass is 10.1. The third-order valence-corrected chi connectivity index (χ3v) is 3.37. The average Bonchev–Trinajstić information content (AvgIpc) is 2.55. The van der Waals surface area contributed by atoms with Crippen molar-refractivity contribution in [3.8, 4) is 5.82 Å². The molecule has 0 radical (unpaired) electrons. The van der Waals surface area contributed by atoms with Crippen molar-refractivity contribution < 1.29 is 9.53 Å². The minimum absolute atomic E-state index is 0.283. The maximum atomic E-state index is 12.6. The number of fused-ring (bicyclic) bond motifs is 1. The van der Waals surface area contributed by atoms with E-state index in [9.17, 15) is 9.59 Å². The third kappa shape index (κ3) is 2.24. The van der Waals surface area contributed by atoms with E-state index in [-0.39, 0.29) is 11.1 Å². The van der Waals surface area contributed by atoms with Crippen molar-refractivity contribution in [2.75, 3.05) is 7.11 Å². The number of aromatic nitrogens is 3. The molecular formula is C16H13N3O3. The number of hydrogen-bond donors (Lipinski definition) is 0. The number of hydrogen-bond acceptors (Lipinski definition) is 5. The van der Waals surface area contributed by atoms with Gasteiger partial charge in [-0.25, -0.2) is 9.78 Å². The van der Waals surface area contributed by atoms with Gasteiger partial charge in [-0.05, 0) is 31.2 Å². The van der Waals surface area contributed by atoms with Crippen molar-refractivity contribution in [2.45, 2.75) is 6.92 Å². The predicted molar refractivity (Wildman–Crippen MR) is 81.2 cm³/mol. The molecule has 0 saturated carbocycles. The van der Waals surface area contributed by atoms with E-state index in [1.54, 1.807) is 43.6 Å². The quantitative estimate of drug-likeness (QED) is 0.675. The Hall–Kier alpha value is -3.02. The number of methoxy groups -OCH3 is 1. The largest absolute Gasteiger partial charge is 0.465 e. The molecule has 0 aliphatic carbocycles. The summed E-state index contributed by atoms with van der Waals surface area (Å²) in [7, 11) is 1.29. The van der Waals surface area contributed by atoms with Gasteiger partial charge in [0.25, 0.3) is 5.56 Å². The summed E-state index contributed by atoms with van der Waals surface area (Å²) in [5.41, 5.74) is 1.05. The first-order valence-corrected chi connectivity index (χ1v) is 6.64. The Balaban J connectivity index is 2.29. The van der Waals surface area contributed by atoms with Gasteiger partial charge in [0.15, 0.2) is 0 Å². The molecule has 3 aromatic rings. The summed E-state index contributed by atoms with van der Waals surface area (Å²) >= 11 is 0. The average molecular weight is 295 g/mol. The van der Waals surface area contributed by atoms with E-state index >= 15 is 0 Å². The highest BCUT2D eigenvalue weighted by molar-refractivity contribution is 5.94. The number of aryl methyl sites for hydroxylation is 1. The number of nitrogens with zero attached hydrogens (tertiary/aromatic N) is 3. The van der Waals surface area contributed by atoms with Crippen LogP contribution in [0.4, 0.5) is 0 Å². The van der Waals surface area contributed by atoms with Crippen molar-refractivity contribution in [1.82, 2.24) is 14.5 Å². The molecule has 110 valence electrons. The first kappa shape index (κ1) is 13.9. The minimum Gasteiger partial charge on any atom is -0.465 e. The molecule has 0 atom stereocenters. The molecular weight excluding hydrogens is 282 g/mol. The second-order valence-electron chi connectivity index (χ2n) is 4.72. The standard InChI is InChI=1S/C16H13N3O3/c1-10-11(16(21)22-2)9-12-13(18-10)6-8-19(15(12)20)14-5-3-4-7-17-14/h3-9H,1-2H3. The molecule has 3 heterocycles. The molecule has 0 spiro atoms. The Kier molecular flexibility index (Phi) is 3.42. The number of esters is 1. The van der Waals surface area contributed by atoms with Crippen LogP contribution in [0.25, 0.3) is 16.7 Å². The van der Waals surface area contributed by atoms with E-state index in [1.807, 2.05) is 0 Å². The Morgan fingerprint density at radius 1 is 1.27 bits per heavy atom. The topological polar surface area (TPSA) is 74.1 Å². The van der Waals surface area contributed by atoms with Crippen LogP contribution in [0.1, 0.15) is 16.1 Å². The van der Waals surface area contributed by atoms with E-state index in [1.165, 1.54) is 17.7 Å². The van der Waals surface area contributed by atoms with Crippen molar-refractivity contribution >= 4 is 16.9 Å². The molecule has 3 rings (SSSR count). The molecule has 0 unspecified atom stereocenters. The molecule has 0 saturated heterocycles. The van der Waals surface area contributed by atoms with Crippen LogP contribution < -0.4 is 5.56 Å². The zero-order chi connectivity index (χ0) is 15.7. The van der Waals surface area contributed by atoms with E-state index in [0.717, 1.165) is 0 Å². The second kappa shape index (κ2) is 5.40. The van der Waals surface area contributed by atoms with Crippen LogP contribution in [0, 0.1) is 6.92 Å². The highest BCUT2D eigenvalue weighted by Gasteiger charge is 2.14. The van der Waals surface area contributed by atoms with Gasteiger partial charge in [0, 0.05) is 12.4 Å². The molecule has 3 aromatic heterocycles. The Labute approximate surface area is 126 Å². The second-order valence-corrected chi connectivity index (χ2v) is 4.72. The molecule has 0 bridgehead atoms. The van der Waals surface area contributed by atoms with Gasteiger partial charge in [-0.2, -0.15) is 0 Å². The van der Waals surface area contributed by atoms with Crippen molar-refractivity contribution in [2.24, 2.45) is 0 Å². The molecule has 6 nitrogen and oxygen atoms in total. The minimum atomic E-state index is -0.514. The van der Waals surface area contributed by atoms with E-state index in [4.69, 9.17) is 4.74 Å². The van der Waals surface area contributed by atoms with Crippen molar-refractivity contribution in [3.63, 3.8) is 0 Å². The van der Waals surface area contributed by atoms with Crippen molar-refractivity contribution in [3.05, 3.63) is 64.3 Å². The smallest absolute Gasteiger partial charge is 0.339 e. The third-order valence-electron chi connectivity index (χ3n) is 3.37. The summed E-state index contributed by atoms with van der Waals surface area (Å²) in [6.07, 6.45) is 3.23. The van der Waals surface area contributed by atoms with Crippen LogP contribution in [-0.2, 0) is 4.74 Å². The number of pyridine rings is 3. The van der Waals surface area contributed by atoms with Crippen LogP contribution >= 0.6 is 0 Å². The van der Waals surface area contributed by atoms with Crippen LogP contribution in [-0.4, -0.2) is 27.6 Å². The lowest BCUT2D eigenvalue weighted by Crippen LogP contribution is -2.20. The highest BCUT2D eigenvalue weighted by atomic mass is 16.5. The van der Waals surface area contributed by atoms with Crippen LogP contribution in [0.5, 0.6) is 0 Å². The number of carbonyl (C=O) groups excluding carboxylic acids is 1. The molecule has 6 heteroatoms. The van der Waals surface area contributed by atoms with Gasteiger partial charge in [-0.1, -0.05) is 6.07 Å². The van der Waals surface area contributed by atoms with Gasteiger partial charge < -0.3 is 4.74 Å². The summed E-state index contributed by atoms with van der Waals surface area (Å²) in [6.45, 7) is 1.70. The SMILES string of the molecule is COC(=O)c1cc2c(=O)n(-c3ccccn3)ccc2nc1C. The lowest BCUT2D eigenvalue weighted by Gasteiger charge is -2.08. The highest BCUT2D eigenvalue weighted by Crippen LogP contribution is 2.15. The zero-order valence-corrected chi connectivity index (χ0v) is 12.1. The Morgan fingerprint density at radius 3 is 2.77 bits per heavy atom. The molecule has 0 aromatic carbocycles. The van der Waals surface area contributed by atoms with Crippen molar-refractivity contribution in [1.29, 1.82) is 0 Å². The monoisotopic (exact) mass is 295 g/mol. The van der Waals surface area contributed by atoms with Gasteiger partial charge in [0.05, 0.1) is 29.3 Å². The number of carbonyl (C=O) groups is 1. The molecule has 0 aliphatic heterocycles. The summed E-state index contributed by atoms with van der Waals surface area (Å²) in [5, 5.41) is 0.346. The summed E-state index contributed by atoms with van der Waals surface area (Å²) < 4.78 is 6.14. The van der Waals surface area contributed by atoms with Crippen LogP contribution in [0.15, 0.2) is 47.5 Å². The molecule has 0 amide bonds. The molecule has 0 N–H and O–H groups in total. The number of ether oxygens (including phenoxy) is 1. The fraction of sp³-hybridized carbons (Fsp3) is 0.125. The summed E-state index contributed by atoms with van der Waals surface area (Å²) in [5.74, 6) is -0.00543. The predicted octanol–water partition coefficient (Wildman–Crippen LogP) is 1.88. The van der Waals surface area contributed by atoms with E-state index in [2.05, 4.69) is 9.97 Å². The van der Waals surface area contributed by atoms with Gasteiger partial charge in [-0.15, -0.1) is 0 Å². The summed E-state index contributed by atoms with van der Waals surface area (Å²) in [4.78, 5) is 32.9. The first-order chi connectivity index (χ1) is 10.6. The fourth-order valence-corrected chi connectivity index (χ4v) is 2.26. The van der Waals surface area contributed by atoms with Gasteiger partial charge in [-0.3, -0.25) is 14.3 Å². The van der Waals surface area contributed by atoms with Gasteiger partial charge >= 0.3 is 5.97 Å². The maximum Gasteiger partial charge on any atom is 0.339 e. The zero-order valence-electron chi connectivity index (χ0n) is 12.1. The van der Waals surface area contributed by atoms with Crippen LogP contribution in [0.3, 0.4) is 0 Å². The first-order valence-electron chi connectivity index (χ1n) is 6.64. The normalized spacial score (nSPS) is 10.6. The molecule has 22 heavy (non-hydrogen) atoms. The number of rotatable bonds is 2.